The molecule has 0 fully saturated rings. The van der Waals surface area contributed by atoms with Crippen molar-refractivity contribution >= 4 is 7.14 Å². The molecule has 1 atom stereocenters. The summed E-state index contributed by atoms with van der Waals surface area (Å²) in [4.78, 5) is 0. The van der Waals surface area contributed by atoms with Gasteiger partial charge in [0, 0.05) is 46.9 Å². The number of ether oxygens (including phenoxy) is 1. The van der Waals surface area contributed by atoms with Crippen LogP contribution in [0.3, 0.4) is 0 Å². The Hall–Kier alpha value is 0.474. The Balaban J connectivity index is -0.000000162. The topological polar surface area (TPSA) is 46.5 Å². The maximum absolute atomic E-state index is 11.8. The molecule has 0 aromatic heterocycles. The Morgan fingerprint density at radius 3 is 1.60 bits per heavy atom. The van der Waals surface area contributed by atoms with Crippen LogP contribution in [-0.2, 0) is 42.0 Å². The van der Waals surface area contributed by atoms with Gasteiger partial charge in [0.2, 0.25) is 0 Å². The van der Waals surface area contributed by atoms with Gasteiger partial charge in [-0.15, -0.1) is 0 Å². The van der Waals surface area contributed by atoms with Gasteiger partial charge in [-0.3, -0.25) is 0 Å². The zero-order valence-corrected chi connectivity index (χ0v) is 18.0. The van der Waals surface area contributed by atoms with E-state index in [0.29, 0.717) is 0 Å². The van der Waals surface area contributed by atoms with Crippen LogP contribution >= 0.6 is 7.14 Å². The molecule has 0 saturated carbocycles. The van der Waals surface area contributed by atoms with E-state index in [0.717, 1.165) is 12.7 Å². The van der Waals surface area contributed by atoms with Crippen LogP contribution in [0.5, 0.6) is 0 Å². The normalized spacial score (nSPS) is 10.1. The van der Waals surface area contributed by atoms with E-state index in [9.17, 15) is 4.57 Å². The first kappa shape index (κ1) is 28.6. The second-order valence-corrected chi connectivity index (χ2v) is 6.77. The molecule has 20 heavy (non-hydrogen) atoms. The third-order valence-electron chi connectivity index (χ3n) is 1.87. The molecule has 117 valence electrons. The van der Waals surface area contributed by atoms with Crippen LogP contribution < -0.4 is 0 Å². The average molecular weight is 379 g/mol. The van der Waals surface area contributed by atoms with Crippen molar-refractivity contribution in [2.75, 3.05) is 27.5 Å². The molecule has 0 aliphatic carbocycles. The molecular weight excluding hydrogens is 348 g/mol. The van der Waals surface area contributed by atoms with Gasteiger partial charge < -0.3 is 14.4 Å². The fraction of sp³-hybridized carbons (Fsp3) is 0.600. The molecule has 1 unspecified atom stereocenters. The van der Waals surface area contributed by atoms with Gasteiger partial charge in [-0.05, 0) is 18.9 Å². The molecule has 1 N–H and O–H groups in total. The second kappa shape index (κ2) is 19.5. The smallest absolute Gasteiger partial charge is 0.134 e. The summed E-state index contributed by atoms with van der Waals surface area (Å²) < 4.78 is 17.1. The van der Waals surface area contributed by atoms with Gasteiger partial charge in [0.05, 0.1) is 0 Å². The van der Waals surface area contributed by atoms with Crippen molar-refractivity contribution in [2.45, 2.75) is 33.5 Å². The molecule has 0 saturated heterocycles. The van der Waals surface area contributed by atoms with Crippen LogP contribution in [0, 0.1) is 0 Å². The van der Waals surface area contributed by atoms with Crippen molar-refractivity contribution in [2.24, 2.45) is 0 Å². The van der Waals surface area contributed by atoms with Gasteiger partial charge in [0.15, 0.2) is 0 Å². The van der Waals surface area contributed by atoms with E-state index in [1.807, 2.05) is 58.0 Å². The van der Waals surface area contributed by atoms with Crippen molar-refractivity contribution in [3.05, 3.63) is 35.9 Å². The minimum atomic E-state index is -2.22. The Bertz CT molecular complexity index is 312. The monoisotopic (exact) mass is 379 g/mol. The summed E-state index contributed by atoms with van der Waals surface area (Å²) in [5.74, 6) is -0.270. The molecule has 5 heteroatoms. The van der Waals surface area contributed by atoms with Gasteiger partial charge in [0.1, 0.15) is 13.0 Å². The number of benzene rings is 1. The Labute approximate surface area is 150 Å². The van der Waals surface area contributed by atoms with Crippen LogP contribution in [0.25, 0.3) is 0 Å². The van der Waals surface area contributed by atoms with Crippen LogP contribution in [0.15, 0.2) is 30.3 Å². The molecule has 1 aromatic rings. The van der Waals surface area contributed by atoms with Crippen LogP contribution in [-0.4, -0.2) is 32.7 Å². The second-order valence-electron chi connectivity index (χ2n) is 3.43. The van der Waals surface area contributed by atoms with E-state index in [-0.39, 0.29) is 38.6 Å². The van der Waals surface area contributed by atoms with Gasteiger partial charge in [-0.25, -0.2) is 0 Å². The zero-order valence-electron chi connectivity index (χ0n) is 14.3. The maximum atomic E-state index is 11.8. The summed E-state index contributed by atoms with van der Waals surface area (Å²) in [7, 11) is 0.375. The summed E-state index contributed by atoms with van der Waals surface area (Å²) in [6.45, 7) is 11.5. The Kier molecular flexibility index (Phi) is 27.9. The zero-order chi connectivity index (χ0) is 15.9. The standard InChI is InChI=1S/C10H15O2P.2C2H6.CH4O.Y/c1-12-10(13(2,3)11)9-7-5-4-6-8-9;3*1-2;/h4-8,10H,1-3H3;2*1-2H3;2H,1H3;. The number of methoxy groups -OCH3 is 1. The quantitative estimate of drug-likeness (QED) is 0.780. The van der Waals surface area contributed by atoms with Crippen molar-refractivity contribution < 1.29 is 47.1 Å². The van der Waals surface area contributed by atoms with E-state index >= 15 is 0 Å². The minimum absolute atomic E-state index is 0. The number of hydrogen-bond donors (Lipinski definition) is 1. The molecule has 1 aromatic carbocycles. The number of aliphatic hydroxyl groups is 1. The van der Waals surface area contributed by atoms with Gasteiger partial charge in [-0.1, -0.05) is 58.0 Å². The number of rotatable bonds is 3. The molecule has 1 radical (unpaired) electrons. The Morgan fingerprint density at radius 1 is 1.00 bits per heavy atom. The average Bonchev–Trinajstić information content (AvgIpc) is 2.46. The summed E-state index contributed by atoms with van der Waals surface area (Å²) in [6.07, 6.45) is 0. The van der Waals surface area contributed by atoms with E-state index in [1.54, 1.807) is 20.4 Å². The van der Waals surface area contributed by atoms with Crippen molar-refractivity contribution in [1.29, 1.82) is 0 Å². The SMILES string of the molecule is CC.CC.CO.COC(c1ccccc1)P(C)(C)=O.[Y]. The Morgan fingerprint density at radius 2 is 1.35 bits per heavy atom. The maximum Gasteiger partial charge on any atom is 0.134 e. The van der Waals surface area contributed by atoms with E-state index in [1.165, 1.54) is 0 Å². The van der Waals surface area contributed by atoms with Gasteiger partial charge >= 0.3 is 0 Å². The van der Waals surface area contributed by atoms with Gasteiger partial charge in [0.25, 0.3) is 0 Å². The number of hydrogen-bond acceptors (Lipinski definition) is 3. The summed E-state index contributed by atoms with van der Waals surface area (Å²) in [6, 6.07) is 9.67. The molecule has 0 spiro atoms. The fourth-order valence-electron chi connectivity index (χ4n) is 1.37. The molecular formula is C15H31O3PY. The first-order valence-corrected chi connectivity index (χ1v) is 9.30. The molecule has 0 aliphatic rings. The first-order valence-electron chi connectivity index (χ1n) is 6.63. The fourth-order valence-corrected chi connectivity index (χ4v) is 2.76. The van der Waals surface area contributed by atoms with Crippen molar-refractivity contribution in [1.82, 2.24) is 0 Å². The third-order valence-corrected chi connectivity index (χ3v) is 3.51. The predicted octanol–water partition coefficient (Wildman–Crippen LogP) is 4.61. The molecule has 0 bridgehead atoms. The third kappa shape index (κ3) is 13.5. The molecule has 1 rings (SSSR count). The number of aliphatic hydroxyl groups excluding tert-OH is 1. The van der Waals surface area contributed by atoms with Crippen molar-refractivity contribution in [3.63, 3.8) is 0 Å². The molecule has 3 nitrogen and oxygen atoms in total. The molecule has 0 heterocycles. The van der Waals surface area contributed by atoms with Crippen LogP contribution in [0.1, 0.15) is 39.1 Å². The largest absolute Gasteiger partial charge is 0.400 e. The first-order chi connectivity index (χ1) is 9.05. The van der Waals surface area contributed by atoms with Crippen LogP contribution in [0.4, 0.5) is 0 Å². The summed E-state index contributed by atoms with van der Waals surface area (Å²) in [5.41, 5.74) is 0.985. The van der Waals surface area contributed by atoms with E-state index in [2.05, 4.69) is 0 Å². The summed E-state index contributed by atoms with van der Waals surface area (Å²) >= 11 is 0. The molecule has 0 amide bonds. The van der Waals surface area contributed by atoms with Gasteiger partial charge in [-0.2, -0.15) is 0 Å². The molecule has 0 aliphatic heterocycles. The van der Waals surface area contributed by atoms with Crippen molar-refractivity contribution in [3.8, 4) is 0 Å². The van der Waals surface area contributed by atoms with Crippen LogP contribution in [0.2, 0.25) is 0 Å². The summed E-state index contributed by atoms with van der Waals surface area (Å²) in [5, 5.41) is 7.00. The minimum Gasteiger partial charge on any atom is -0.400 e. The predicted molar refractivity (Wildman–Crippen MR) is 86.5 cm³/mol. The van der Waals surface area contributed by atoms with E-state index < -0.39 is 7.14 Å². The van der Waals surface area contributed by atoms with E-state index in [4.69, 9.17) is 9.84 Å².